The minimum atomic E-state index is -0.519. The molecule has 1 aromatic heterocycles. The molecule has 1 saturated heterocycles. The standard InChI is InChI=1S/C21H26N4O3.2ClH/c1-14(16-5-3-9-23-12-16)10-19(26)25-17-7-8-20(24-13-17)28-18-6-2-4-15(11-18)21(22)27;;/h2,4,6-8,11,13-14,16,23H,3,5,9-10,12H2,1H3,(H2,22,27)(H,25,26);2*1H. The minimum absolute atomic E-state index is 0. The van der Waals surface area contributed by atoms with Crippen molar-refractivity contribution in [1.29, 1.82) is 0 Å². The van der Waals surface area contributed by atoms with Gasteiger partial charge in [0.15, 0.2) is 0 Å². The van der Waals surface area contributed by atoms with Gasteiger partial charge in [-0.15, -0.1) is 24.8 Å². The number of nitrogens with zero attached hydrogens (tertiary/aromatic N) is 1. The van der Waals surface area contributed by atoms with Crippen LogP contribution in [-0.2, 0) is 4.79 Å². The number of primary amides is 1. The maximum atomic E-state index is 12.3. The molecule has 0 radical (unpaired) electrons. The van der Waals surface area contributed by atoms with Crippen molar-refractivity contribution in [3.05, 3.63) is 48.2 Å². The number of nitrogens with one attached hydrogen (secondary N) is 2. The van der Waals surface area contributed by atoms with Gasteiger partial charge in [-0.3, -0.25) is 9.59 Å². The van der Waals surface area contributed by atoms with E-state index in [1.165, 1.54) is 12.8 Å². The van der Waals surface area contributed by atoms with Crippen LogP contribution in [0.15, 0.2) is 42.6 Å². The number of pyridine rings is 1. The summed E-state index contributed by atoms with van der Waals surface area (Å²) in [7, 11) is 0. The fourth-order valence-corrected chi connectivity index (χ4v) is 3.38. The molecule has 9 heteroatoms. The molecule has 0 spiro atoms. The van der Waals surface area contributed by atoms with Gasteiger partial charge in [-0.05, 0) is 62.0 Å². The number of hydrogen-bond donors (Lipinski definition) is 3. The Balaban J connectivity index is 0.00000225. The molecule has 7 nitrogen and oxygen atoms in total. The molecule has 0 aliphatic carbocycles. The number of carbonyl (C=O) groups is 2. The minimum Gasteiger partial charge on any atom is -0.439 e. The lowest BCUT2D eigenvalue weighted by atomic mass is 9.85. The van der Waals surface area contributed by atoms with E-state index >= 15 is 0 Å². The number of ether oxygens (including phenoxy) is 1. The summed E-state index contributed by atoms with van der Waals surface area (Å²) < 4.78 is 5.63. The number of benzene rings is 1. The van der Waals surface area contributed by atoms with E-state index in [4.69, 9.17) is 10.5 Å². The van der Waals surface area contributed by atoms with Crippen LogP contribution in [0.1, 0.15) is 36.5 Å². The number of rotatable bonds is 7. The molecule has 30 heavy (non-hydrogen) atoms. The smallest absolute Gasteiger partial charge is 0.248 e. The largest absolute Gasteiger partial charge is 0.439 e. The van der Waals surface area contributed by atoms with E-state index in [9.17, 15) is 9.59 Å². The van der Waals surface area contributed by atoms with Crippen LogP contribution in [0.3, 0.4) is 0 Å². The molecular weight excluding hydrogens is 427 g/mol. The van der Waals surface area contributed by atoms with Crippen molar-refractivity contribution in [3.8, 4) is 11.6 Å². The third-order valence-electron chi connectivity index (χ3n) is 5.01. The normalized spacial score (nSPS) is 16.4. The Morgan fingerprint density at radius 2 is 2.10 bits per heavy atom. The van der Waals surface area contributed by atoms with E-state index in [0.717, 1.165) is 13.1 Å². The first-order valence-electron chi connectivity index (χ1n) is 9.55. The number of anilines is 1. The van der Waals surface area contributed by atoms with Gasteiger partial charge < -0.3 is 21.1 Å². The van der Waals surface area contributed by atoms with E-state index < -0.39 is 5.91 Å². The molecule has 2 unspecified atom stereocenters. The molecule has 2 heterocycles. The highest BCUT2D eigenvalue weighted by Crippen LogP contribution is 2.24. The molecule has 2 atom stereocenters. The van der Waals surface area contributed by atoms with Gasteiger partial charge in [0.2, 0.25) is 17.7 Å². The zero-order valence-electron chi connectivity index (χ0n) is 16.8. The second-order valence-electron chi connectivity index (χ2n) is 7.22. The van der Waals surface area contributed by atoms with Gasteiger partial charge >= 0.3 is 0 Å². The van der Waals surface area contributed by atoms with E-state index in [1.54, 1.807) is 42.6 Å². The third-order valence-corrected chi connectivity index (χ3v) is 5.01. The lowest BCUT2D eigenvalue weighted by molar-refractivity contribution is -0.117. The van der Waals surface area contributed by atoms with E-state index in [-0.39, 0.29) is 30.7 Å². The van der Waals surface area contributed by atoms with Crippen LogP contribution in [0.25, 0.3) is 0 Å². The summed E-state index contributed by atoms with van der Waals surface area (Å²) in [5, 5.41) is 6.28. The summed E-state index contributed by atoms with van der Waals surface area (Å²) in [6.07, 6.45) is 4.39. The van der Waals surface area contributed by atoms with E-state index in [2.05, 4.69) is 22.5 Å². The quantitative estimate of drug-likeness (QED) is 0.589. The molecule has 1 fully saturated rings. The first-order chi connectivity index (χ1) is 13.5. The summed E-state index contributed by atoms with van der Waals surface area (Å²) in [5.41, 5.74) is 6.26. The predicted molar refractivity (Wildman–Crippen MR) is 122 cm³/mol. The summed E-state index contributed by atoms with van der Waals surface area (Å²) >= 11 is 0. The van der Waals surface area contributed by atoms with Gasteiger partial charge in [-0.25, -0.2) is 4.98 Å². The van der Waals surface area contributed by atoms with E-state index in [0.29, 0.717) is 41.1 Å². The molecule has 4 N–H and O–H groups in total. The second kappa shape index (κ2) is 12.4. The molecule has 3 rings (SSSR count). The molecule has 164 valence electrons. The molecule has 1 aliphatic rings. The topological polar surface area (TPSA) is 106 Å². The lowest BCUT2D eigenvalue weighted by Gasteiger charge is -2.28. The first kappa shape index (κ1) is 25.7. The van der Waals surface area contributed by atoms with Crippen LogP contribution in [0.5, 0.6) is 11.6 Å². The van der Waals surface area contributed by atoms with Crippen molar-refractivity contribution < 1.29 is 14.3 Å². The maximum absolute atomic E-state index is 12.3. The van der Waals surface area contributed by atoms with Gasteiger partial charge in [-0.1, -0.05) is 13.0 Å². The Kier molecular flexibility index (Phi) is 10.6. The number of piperidine rings is 1. The average Bonchev–Trinajstić information content (AvgIpc) is 2.70. The number of hydrogen-bond acceptors (Lipinski definition) is 5. The highest BCUT2D eigenvalue weighted by molar-refractivity contribution is 5.93. The van der Waals surface area contributed by atoms with Gasteiger partial charge in [0.25, 0.3) is 0 Å². The Hall–Kier alpha value is -2.35. The molecule has 0 bridgehead atoms. The fourth-order valence-electron chi connectivity index (χ4n) is 3.38. The predicted octanol–water partition coefficient (Wildman–Crippen LogP) is 3.78. The van der Waals surface area contributed by atoms with Gasteiger partial charge in [0.1, 0.15) is 5.75 Å². The zero-order valence-corrected chi connectivity index (χ0v) is 18.4. The van der Waals surface area contributed by atoms with Crippen LogP contribution < -0.4 is 21.1 Å². The van der Waals surface area contributed by atoms with Crippen molar-refractivity contribution in [2.24, 2.45) is 17.6 Å². The molecule has 0 saturated carbocycles. The van der Waals surface area contributed by atoms with Crippen LogP contribution in [-0.4, -0.2) is 29.9 Å². The zero-order chi connectivity index (χ0) is 19.9. The second-order valence-corrected chi connectivity index (χ2v) is 7.22. The Morgan fingerprint density at radius 1 is 1.30 bits per heavy atom. The number of carbonyl (C=O) groups excluding carboxylic acids is 2. The number of aromatic nitrogens is 1. The molecule has 1 aliphatic heterocycles. The van der Waals surface area contributed by atoms with Crippen LogP contribution in [0.4, 0.5) is 5.69 Å². The molecular formula is C21H28Cl2N4O3. The van der Waals surface area contributed by atoms with Crippen LogP contribution >= 0.6 is 24.8 Å². The molecule has 2 amide bonds. The van der Waals surface area contributed by atoms with Gasteiger partial charge in [-0.2, -0.15) is 0 Å². The van der Waals surface area contributed by atoms with Gasteiger partial charge in [0, 0.05) is 18.1 Å². The van der Waals surface area contributed by atoms with Crippen molar-refractivity contribution in [2.45, 2.75) is 26.2 Å². The first-order valence-corrected chi connectivity index (χ1v) is 9.55. The Morgan fingerprint density at radius 3 is 2.73 bits per heavy atom. The monoisotopic (exact) mass is 454 g/mol. The van der Waals surface area contributed by atoms with Crippen molar-refractivity contribution in [1.82, 2.24) is 10.3 Å². The third kappa shape index (κ3) is 7.48. The Bertz CT molecular complexity index is 827. The lowest BCUT2D eigenvalue weighted by Crippen LogP contribution is -2.34. The Labute approximate surface area is 189 Å². The highest BCUT2D eigenvalue weighted by Gasteiger charge is 2.22. The summed E-state index contributed by atoms with van der Waals surface area (Å²) in [6.45, 7) is 4.19. The van der Waals surface area contributed by atoms with Gasteiger partial charge in [0.05, 0.1) is 11.9 Å². The molecule has 2 aromatic rings. The van der Waals surface area contributed by atoms with Crippen molar-refractivity contribution in [2.75, 3.05) is 18.4 Å². The SMILES string of the molecule is CC(CC(=O)Nc1ccc(Oc2cccc(C(N)=O)c2)nc1)C1CCCNC1.Cl.Cl. The van der Waals surface area contributed by atoms with Crippen molar-refractivity contribution in [3.63, 3.8) is 0 Å². The molecule has 1 aromatic carbocycles. The van der Waals surface area contributed by atoms with Crippen LogP contribution in [0, 0.1) is 11.8 Å². The summed E-state index contributed by atoms with van der Waals surface area (Å²) in [4.78, 5) is 27.8. The number of halogens is 2. The van der Waals surface area contributed by atoms with Crippen LogP contribution in [0.2, 0.25) is 0 Å². The van der Waals surface area contributed by atoms with Crippen molar-refractivity contribution >= 4 is 42.3 Å². The van der Waals surface area contributed by atoms with E-state index in [1.807, 2.05) is 0 Å². The number of nitrogens with two attached hydrogens (primary N) is 1. The highest BCUT2D eigenvalue weighted by atomic mass is 35.5. The summed E-state index contributed by atoms with van der Waals surface area (Å²) in [6, 6.07) is 9.98. The fraction of sp³-hybridized carbons (Fsp3) is 0.381. The summed E-state index contributed by atoms with van der Waals surface area (Å²) in [5.74, 6) is 1.18. The number of amides is 2. The maximum Gasteiger partial charge on any atom is 0.248 e. The average molecular weight is 455 g/mol.